The summed E-state index contributed by atoms with van der Waals surface area (Å²) in [5, 5.41) is 7.35. The normalized spacial score (nSPS) is 17.5. The third-order valence-corrected chi connectivity index (χ3v) is 4.23. The van der Waals surface area contributed by atoms with Crippen LogP contribution in [0.2, 0.25) is 0 Å². The summed E-state index contributed by atoms with van der Waals surface area (Å²) in [4.78, 5) is 21.2. The number of aromatic nitrogens is 4. The van der Waals surface area contributed by atoms with Crippen LogP contribution in [0.5, 0.6) is 0 Å². The lowest BCUT2D eigenvalue weighted by Crippen LogP contribution is -2.22. The molecule has 7 heteroatoms. The molecule has 0 unspecified atom stereocenters. The van der Waals surface area contributed by atoms with Gasteiger partial charge in [-0.05, 0) is 52.5 Å². The number of nitrogens with one attached hydrogen (secondary N) is 1. The molecule has 1 fully saturated rings. The predicted octanol–water partition coefficient (Wildman–Crippen LogP) is 2.88. The van der Waals surface area contributed by atoms with Crippen LogP contribution in [0.3, 0.4) is 0 Å². The molecule has 1 saturated heterocycles. The van der Waals surface area contributed by atoms with E-state index in [0.717, 1.165) is 43.0 Å². The fourth-order valence-corrected chi connectivity index (χ4v) is 3.08. The Kier molecular flexibility index (Phi) is 5.43. The van der Waals surface area contributed by atoms with E-state index in [1.54, 1.807) is 4.68 Å². The van der Waals surface area contributed by atoms with Gasteiger partial charge in [0.05, 0.1) is 11.8 Å². The Morgan fingerprint density at radius 3 is 2.64 bits per heavy atom. The zero-order chi connectivity index (χ0) is 17.8. The van der Waals surface area contributed by atoms with Crippen LogP contribution in [0.25, 0.3) is 5.95 Å². The van der Waals surface area contributed by atoms with Crippen LogP contribution >= 0.6 is 0 Å². The van der Waals surface area contributed by atoms with Crippen LogP contribution in [0.4, 0.5) is 5.82 Å². The Morgan fingerprint density at radius 1 is 1.20 bits per heavy atom. The molecule has 134 valence electrons. The number of anilines is 1. The van der Waals surface area contributed by atoms with E-state index in [2.05, 4.69) is 20.4 Å². The van der Waals surface area contributed by atoms with Crippen molar-refractivity contribution < 1.29 is 9.53 Å². The summed E-state index contributed by atoms with van der Waals surface area (Å²) in [5.41, 5.74) is 2.53. The first-order valence-electron chi connectivity index (χ1n) is 8.82. The Balaban J connectivity index is 1.69. The molecule has 0 aromatic carbocycles. The first-order valence-corrected chi connectivity index (χ1v) is 8.82. The highest BCUT2D eigenvalue weighted by Gasteiger charge is 2.17. The van der Waals surface area contributed by atoms with Gasteiger partial charge in [-0.15, -0.1) is 0 Å². The molecule has 0 bridgehead atoms. The highest BCUT2D eigenvalue weighted by Crippen LogP contribution is 2.19. The first-order chi connectivity index (χ1) is 12.0. The van der Waals surface area contributed by atoms with Crippen molar-refractivity contribution in [2.24, 2.45) is 0 Å². The SMILES string of the molecule is Cc1cc(C)nc(-n2nc(C)cc2NC(=O)CC[C@H]2CCCCO2)n1. The van der Waals surface area contributed by atoms with Crippen LogP contribution in [0.1, 0.15) is 49.2 Å². The molecule has 1 aliphatic rings. The van der Waals surface area contributed by atoms with Crippen molar-refractivity contribution in [1.82, 2.24) is 19.7 Å². The second-order valence-electron chi connectivity index (χ2n) is 6.61. The van der Waals surface area contributed by atoms with Crippen molar-refractivity contribution in [2.75, 3.05) is 11.9 Å². The van der Waals surface area contributed by atoms with Gasteiger partial charge < -0.3 is 10.1 Å². The molecule has 1 atom stereocenters. The minimum Gasteiger partial charge on any atom is -0.378 e. The molecule has 0 aliphatic carbocycles. The average Bonchev–Trinajstić information content (AvgIpc) is 2.93. The second kappa shape index (κ2) is 7.74. The summed E-state index contributed by atoms with van der Waals surface area (Å²) >= 11 is 0. The molecule has 1 amide bonds. The highest BCUT2D eigenvalue weighted by molar-refractivity contribution is 5.90. The van der Waals surface area contributed by atoms with Gasteiger partial charge in [-0.25, -0.2) is 9.97 Å². The van der Waals surface area contributed by atoms with Gasteiger partial charge >= 0.3 is 0 Å². The van der Waals surface area contributed by atoms with Crippen molar-refractivity contribution in [3.05, 3.63) is 29.2 Å². The molecule has 0 saturated carbocycles. The van der Waals surface area contributed by atoms with Crippen molar-refractivity contribution in [3.8, 4) is 5.95 Å². The van der Waals surface area contributed by atoms with E-state index in [9.17, 15) is 4.79 Å². The lowest BCUT2D eigenvalue weighted by atomic mass is 10.0. The topological polar surface area (TPSA) is 81.9 Å². The molecule has 7 nitrogen and oxygen atoms in total. The Hall–Kier alpha value is -2.28. The van der Waals surface area contributed by atoms with E-state index in [1.165, 1.54) is 6.42 Å². The Bertz CT molecular complexity index is 730. The van der Waals surface area contributed by atoms with Crippen molar-refractivity contribution in [2.45, 2.75) is 59.0 Å². The summed E-state index contributed by atoms with van der Waals surface area (Å²) in [6, 6.07) is 3.73. The van der Waals surface area contributed by atoms with E-state index < -0.39 is 0 Å². The third-order valence-electron chi connectivity index (χ3n) is 4.23. The zero-order valence-electron chi connectivity index (χ0n) is 15.1. The monoisotopic (exact) mass is 343 g/mol. The van der Waals surface area contributed by atoms with E-state index in [0.29, 0.717) is 18.2 Å². The maximum Gasteiger partial charge on any atom is 0.252 e. The van der Waals surface area contributed by atoms with Crippen molar-refractivity contribution >= 4 is 11.7 Å². The summed E-state index contributed by atoms with van der Waals surface area (Å²) in [6.07, 6.45) is 4.73. The number of hydrogen-bond acceptors (Lipinski definition) is 5. The van der Waals surface area contributed by atoms with Gasteiger partial charge in [0.1, 0.15) is 5.82 Å². The summed E-state index contributed by atoms with van der Waals surface area (Å²) < 4.78 is 7.27. The predicted molar refractivity (Wildman–Crippen MR) is 94.8 cm³/mol. The molecule has 1 aliphatic heterocycles. The van der Waals surface area contributed by atoms with Gasteiger partial charge in [0, 0.05) is 30.5 Å². The smallest absolute Gasteiger partial charge is 0.252 e. The Labute approximate surface area is 147 Å². The first kappa shape index (κ1) is 17.5. The molecule has 1 N–H and O–H groups in total. The lowest BCUT2D eigenvalue weighted by Gasteiger charge is -2.22. The molecular formula is C18H25N5O2. The molecule has 3 heterocycles. The molecular weight excluding hydrogens is 318 g/mol. The number of carbonyl (C=O) groups excluding carboxylic acids is 1. The lowest BCUT2D eigenvalue weighted by molar-refractivity contribution is -0.117. The van der Waals surface area contributed by atoms with Gasteiger partial charge in [-0.2, -0.15) is 9.78 Å². The van der Waals surface area contributed by atoms with Crippen molar-refractivity contribution in [3.63, 3.8) is 0 Å². The highest BCUT2D eigenvalue weighted by atomic mass is 16.5. The van der Waals surface area contributed by atoms with Crippen LogP contribution in [-0.2, 0) is 9.53 Å². The molecule has 0 radical (unpaired) electrons. The molecule has 2 aromatic heterocycles. The van der Waals surface area contributed by atoms with Crippen molar-refractivity contribution in [1.29, 1.82) is 0 Å². The quantitative estimate of drug-likeness (QED) is 0.903. The van der Waals surface area contributed by atoms with Crippen LogP contribution in [-0.4, -0.2) is 38.4 Å². The number of rotatable bonds is 5. The van der Waals surface area contributed by atoms with Gasteiger partial charge in [0.15, 0.2) is 0 Å². The maximum absolute atomic E-state index is 12.3. The fraction of sp³-hybridized carbons (Fsp3) is 0.556. The Morgan fingerprint density at radius 2 is 1.96 bits per heavy atom. The molecule has 0 spiro atoms. The van der Waals surface area contributed by atoms with E-state index in [1.807, 2.05) is 32.9 Å². The zero-order valence-corrected chi connectivity index (χ0v) is 15.1. The van der Waals surface area contributed by atoms with Crippen LogP contribution in [0, 0.1) is 20.8 Å². The van der Waals surface area contributed by atoms with Crippen LogP contribution < -0.4 is 5.32 Å². The minimum absolute atomic E-state index is 0.0419. The number of amides is 1. The summed E-state index contributed by atoms with van der Waals surface area (Å²) in [6.45, 7) is 6.51. The van der Waals surface area contributed by atoms with Gasteiger partial charge in [-0.3, -0.25) is 4.79 Å². The molecule has 25 heavy (non-hydrogen) atoms. The van der Waals surface area contributed by atoms with Gasteiger partial charge in [0.2, 0.25) is 5.91 Å². The standard InChI is InChI=1S/C18H25N5O2/c1-12-10-13(2)20-18(19-12)23-16(11-14(3)22-23)21-17(24)8-7-15-6-4-5-9-25-15/h10-11,15H,4-9H2,1-3H3,(H,21,24)/t15-/m1/s1. The number of aryl methyl sites for hydroxylation is 3. The number of hydrogen-bond donors (Lipinski definition) is 1. The van der Waals surface area contributed by atoms with E-state index in [-0.39, 0.29) is 12.0 Å². The fourth-order valence-electron chi connectivity index (χ4n) is 3.08. The maximum atomic E-state index is 12.3. The van der Waals surface area contributed by atoms with Gasteiger partial charge in [-0.1, -0.05) is 0 Å². The average molecular weight is 343 g/mol. The number of ether oxygens (including phenoxy) is 1. The van der Waals surface area contributed by atoms with E-state index in [4.69, 9.17) is 4.74 Å². The van der Waals surface area contributed by atoms with E-state index >= 15 is 0 Å². The number of carbonyl (C=O) groups is 1. The second-order valence-corrected chi connectivity index (χ2v) is 6.61. The molecule has 2 aromatic rings. The third kappa shape index (κ3) is 4.63. The summed E-state index contributed by atoms with van der Waals surface area (Å²) in [5.74, 6) is 1.02. The van der Waals surface area contributed by atoms with Crippen LogP contribution in [0.15, 0.2) is 12.1 Å². The summed E-state index contributed by atoms with van der Waals surface area (Å²) in [7, 11) is 0. The van der Waals surface area contributed by atoms with Gasteiger partial charge in [0.25, 0.3) is 5.95 Å². The minimum atomic E-state index is -0.0419. The number of nitrogens with zero attached hydrogens (tertiary/aromatic N) is 4. The largest absolute Gasteiger partial charge is 0.378 e. The molecule has 3 rings (SSSR count).